The number of carbonyl (C=O) groups is 1. The first kappa shape index (κ1) is 19.4. The van der Waals surface area contributed by atoms with Gasteiger partial charge in [0.2, 0.25) is 5.91 Å². The number of amides is 1. The first-order chi connectivity index (χ1) is 14.3. The highest BCUT2D eigenvalue weighted by Crippen LogP contribution is 2.52. The maximum atomic E-state index is 14.9. The SMILES string of the molecule is CC(=O)N[C@@H](C)c1cc(C2CC(Oc3ccc4nc(C5(F)CC5)sc4c3F)C2)no1. The molecular formula is C21H21F2N3O3S. The fourth-order valence-electron chi connectivity index (χ4n) is 3.71. The molecule has 2 fully saturated rings. The lowest BCUT2D eigenvalue weighted by molar-refractivity contribution is -0.119. The van der Waals surface area contributed by atoms with Crippen molar-refractivity contribution in [3.05, 3.63) is 40.5 Å². The van der Waals surface area contributed by atoms with Crippen LogP contribution in [0.25, 0.3) is 10.2 Å². The van der Waals surface area contributed by atoms with E-state index in [2.05, 4.69) is 15.5 Å². The van der Waals surface area contributed by atoms with Crippen molar-refractivity contribution >= 4 is 27.5 Å². The Balaban J connectivity index is 1.23. The second-order valence-electron chi connectivity index (χ2n) is 8.19. The number of carbonyl (C=O) groups excluding carboxylic acids is 1. The van der Waals surface area contributed by atoms with Crippen LogP contribution in [-0.2, 0) is 10.5 Å². The molecule has 6 nitrogen and oxygen atoms in total. The molecule has 0 spiro atoms. The Labute approximate surface area is 175 Å². The molecule has 2 aliphatic rings. The minimum atomic E-state index is -1.37. The number of ether oxygens (including phenoxy) is 1. The Bertz CT molecular complexity index is 1120. The lowest BCUT2D eigenvalue weighted by atomic mass is 9.80. The average Bonchev–Trinajstić information content (AvgIpc) is 3.09. The van der Waals surface area contributed by atoms with Crippen LogP contribution in [0.15, 0.2) is 22.7 Å². The summed E-state index contributed by atoms with van der Waals surface area (Å²) in [5.41, 5.74) is -0.0897. The number of aromatic nitrogens is 2. The normalized spacial score (nSPS) is 23.1. The third-order valence-electron chi connectivity index (χ3n) is 5.73. The smallest absolute Gasteiger partial charge is 0.217 e. The molecule has 1 N–H and O–H groups in total. The third-order valence-corrected chi connectivity index (χ3v) is 6.98. The number of halogens is 2. The molecule has 2 aromatic heterocycles. The number of nitrogens with zero attached hydrogens (tertiary/aromatic N) is 2. The zero-order chi connectivity index (χ0) is 21.0. The van der Waals surface area contributed by atoms with Crippen molar-refractivity contribution in [3.8, 4) is 5.75 Å². The molecule has 1 aromatic carbocycles. The van der Waals surface area contributed by atoms with E-state index >= 15 is 0 Å². The minimum absolute atomic E-state index is 0.127. The molecule has 0 bridgehead atoms. The van der Waals surface area contributed by atoms with E-state index < -0.39 is 11.5 Å². The summed E-state index contributed by atoms with van der Waals surface area (Å²) in [6, 6.07) is 4.84. The highest BCUT2D eigenvalue weighted by molar-refractivity contribution is 7.18. The van der Waals surface area contributed by atoms with Crippen LogP contribution >= 0.6 is 11.3 Å². The fourth-order valence-corrected chi connectivity index (χ4v) is 4.84. The van der Waals surface area contributed by atoms with E-state index in [1.165, 1.54) is 6.92 Å². The largest absolute Gasteiger partial charge is 0.487 e. The van der Waals surface area contributed by atoms with Gasteiger partial charge in [0.25, 0.3) is 0 Å². The summed E-state index contributed by atoms with van der Waals surface area (Å²) >= 11 is 1.07. The van der Waals surface area contributed by atoms with E-state index in [0.29, 0.717) is 46.7 Å². The van der Waals surface area contributed by atoms with Crippen LogP contribution in [0.1, 0.15) is 68.0 Å². The molecule has 0 saturated heterocycles. The molecule has 0 radical (unpaired) electrons. The number of hydrogen-bond acceptors (Lipinski definition) is 6. The van der Waals surface area contributed by atoms with Gasteiger partial charge in [-0.3, -0.25) is 4.79 Å². The van der Waals surface area contributed by atoms with Crippen LogP contribution in [0, 0.1) is 5.82 Å². The van der Waals surface area contributed by atoms with Gasteiger partial charge in [0.1, 0.15) is 11.1 Å². The molecule has 1 atom stereocenters. The summed E-state index contributed by atoms with van der Waals surface area (Å²) in [4.78, 5) is 15.4. The summed E-state index contributed by atoms with van der Waals surface area (Å²) in [6.07, 6.45) is 2.17. The number of hydrogen-bond donors (Lipinski definition) is 1. The molecule has 2 heterocycles. The van der Waals surface area contributed by atoms with E-state index in [4.69, 9.17) is 9.26 Å². The number of fused-ring (bicyclic) bond motifs is 1. The Morgan fingerprint density at radius 3 is 2.87 bits per heavy atom. The van der Waals surface area contributed by atoms with Crippen molar-refractivity contribution in [1.29, 1.82) is 0 Å². The van der Waals surface area contributed by atoms with E-state index in [0.717, 1.165) is 17.0 Å². The minimum Gasteiger partial charge on any atom is -0.487 e. The highest BCUT2D eigenvalue weighted by atomic mass is 32.1. The number of alkyl halides is 1. The maximum Gasteiger partial charge on any atom is 0.217 e. The standard InChI is InChI=1S/C21H21F2N3O3S/c1-10(24-11(2)27)17-9-15(26-29-17)12-7-13(8-12)28-16-4-3-14-19(18(16)22)30-20(25-14)21(23)5-6-21/h3-4,9-10,12-13H,5-8H2,1-2H3,(H,24,27)/t10-,12?,13?/m0/s1. The molecular weight excluding hydrogens is 412 g/mol. The van der Waals surface area contributed by atoms with Gasteiger partial charge in [-0.15, -0.1) is 11.3 Å². The molecule has 0 unspecified atom stereocenters. The van der Waals surface area contributed by atoms with Crippen molar-refractivity contribution in [2.45, 2.75) is 63.3 Å². The molecule has 9 heteroatoms. The van der Waals surface area contributed by atoms with E-state index in [1.807, 2.05) is 13.0 Å². The summed E-state index contributed by atoms with van der Waals surface area (Å²) in [6.45, 7) is 3.28. The van der Waals surface area contributed by atoms with Crippen LogP contribution in [0.5, 0.6) is 5.75 Å². The highest BCUT2D eigenvalue weighted by Gasteiger charge is 2.48. The number of rotatable bonds is 6. The second kappa shape index (κ2) is 7.01. The van der Waals surface area contributed by atoms with E-state index in [1.54, 1.807) is 12.1 Å². The van der Waals surface area contributed by atoms with Crippen molar-refractivity contribution in [2.75, 3.05) is 0 Å². The Morgan fingerprint density at radius 1 is 1.40 bits per heavy atom. The lowest BCUT2D eigenvalue weighted by Gasteiger charge is -2.34. The molecule has 2 aliphatic carbocycles. The van der Waals surface area contributed by atoms with Crippen LogP contribution in [0.3, 0.4) is 0 Å². The van der Waals surface area contributed by atoms with Gasteiger partial charge in [0.15, 0.2) is 23.0 Å². The van der Waals surface area contributed by atoms with Crippen molar-refractivity contribution < 1.29 is 22.8 Å². The predicted octanol–water partition coefficient (Wildman–Crippen LogP) is 4.90. The van der Waals surface area contributed by atoms with Gasteiger partial charge < -0.3 is 14.6 Å². The molecule has 0 aliphatic heterocycles. The Kier molecular flexibility index (Phi) is 4.53. The maximum absolute atomic E-state index is 14.9. The van der Waals surface area contributed by atoms with Gasteiger partial charge in [0, 0.05) is 18.9 Å². The topological polar surface area (TPSA) is 77.2 Å². The zero-order valence-corrected chi connectivity index (χ0v) is 17.4. The van der Waals surface area contributed by atoms with Crippen LogP contribution in [0.2, 0.25) is 0 Å². The van der Waals surface area contributed by atoms with Crippen molar-refractivity contribution in [2.24, 2.45) is 0 Å². The van der Waals surface area contributed by atoms with E-state index in [9.17, 15) is 13.6 Å². The monoisotopic (exact) mass is 433 g/mol. The van der Waals surface area contributed by atoms with Crippen LogP contribution < -0.4 is 10.1 Å². The van der Waals surface area contributed by atoms with Gasteiger partial charge in [-0.1, -0.05) is 5.16 Å². The van der Waals surface area contributed by atoms with Crippen LogP contribution in [-0.4, -0.2) is 22.2 Å². The Hall–Kier alpha value is -2.55. The lowest BCUT2D eigenvalue weighted by Crippen LogP contribution is -2.32. The van der Waals surface area contributed by atoms with Gasteiger partial charge in [-0.25, -0.2) is 13.8 Å². The quantitative estimate of drug-likeness (QED) is 0.598. The van der Waals surface area contributed by atoms with Crippen molar-refractivity contribution in [1.82, 2.24) is 15.5 Å². The first-order valence-electron chi connectivity index (χ1n) is 10.0. The van der Waals surface area contributed by atoms with E-state index in [-0.39, 0.29) is 29.7 Å². The summed E-state index contributed by atoms with van der Waals surface area (Å²) in [5, 5.41) is 7.21. The molecule has 1 amide bonds. The third kappa shape index (κ3) is 3.45. The fraction of sp³-hybridized carbons (Fsp3) is 0.476. The molecule has 2 saturated carbocycles. The van der Waals surface area contributed by atoms with Gasteiger partial charge in [-0.05, 0) is 44.7 Å². The Morgan fingerprint density at radius 2 is 2.17 bits per heavy atom. The number of benzene rings is 1. The summed E-state index contributed by atoms with van der Waals surface area (Å²) < 4.78 is 40.7. The summed E-state index contributed by atoms with van der Waals surface area (Å²) in [7, 11) is 0. The molecule has 30 heavy (non-hydrogen) atoms. The van der Waals surface area contributed by atoms with Gasteiger partial charge >= 0.3 is 0 Å². The number of thiazole rings is 1. The van der Waals surface area contributed by atoms with Gasteiger partial charge in [0.05, 0.1) is 22.0 Å². The molecule has 158 valence electrons. The second-order valence-corrected chi connectivity index (χ2v) is 9.19. The van der Waals surface area contributed by atoms with Crippen molar-refractivity contribution in [3.63, 3.8) is 0 Å². The first-order valence-corrected chi connectivity index (χ1v) is 10.8. The summed E-state index contributed by atoms with van der Waals surface area (Å²) in [5.74, 6) is 0.327. The van der Waals surface area contributed by atoms with Crippen LogP contribution in [0.4, 0.5) is 8.78 Å². The average molecular weight is 433 g/mol. The zero-order valence-electron chi connectivity index (χ0n) is 16.6. The van der Waals surface area contributed by atoms with Gasteiger partial charge in [-0.2, -0.15) is 0 Å². The molecule has 3 aromatic rings. The molecule has 5 rings (SSSR count). The predicted molar refractivity (Wildman–Crippen MR) is 107 cm³/mol. The number of nitrogens with one attached hydrogen (secondary N) is 1.